The predicted molar refractivity (Wildman–Crippen MR) is 94.0 cm³/mol. The van der Waals surface area contributed by atoms with Crippen LogP contribution in [0.1, 0.15) is 10.4 Å². The van der Waals surface area contributed by atoms with Crippen LogP contribution in [0, 0.1) is 5.82 Å². The minimum atomic E-state index is -0.631. The Bertz CT molecular complexity index is 937. The van der Waals surface area contributed by atoms with Crippen molar-refractivity contribution in [2.75, 3.05) is 25.1 Å². The quantitative estimate of drug-likeness (QED) is 0.668. The molecule has 1 aliphatic rings. The topological polar surface area (TPSA) is 51.7 Å². The van der Waals surface area contributed by atoms with Gasteiger partial charge in [0.2, 0.25) is 0 Å². The largest absolute Gasteiger partial charge is 0.494 e. The third kappa shape index (κ3) is 2.91. The summed E-state index contributed by atoms with van der Waals surface area (Å²) in [4.78, 5) is 18.7. The molecule has 0 atom stereocenters. The minimum absolute atomic E-state index is 0.0364. The van der Waals surface area contributed by atoms with Gasteiger partial charge in [-0.25, -0.2) is 14.2 Å². The molecule has 2 heterocycles. The molecule has 0 bridgehead atoms. The summed E-state index contributed by atoms with van der Waals surface area (Å²) in [5.74, 6) is -0.460. The maximum atomic E-state index is 13.6. The SMILES string of the molecule is COc1cccc2sc(N3CC(OC(=O)c4ccccc4F)C3)nc12. The van der Waals surface area contributed by atoms with Crippen LogP contribution in [0.4, 0.5) is 9.52 Å². The van der Waals surface area contributed by atoms with Crippen LogP contribution in [-0.4, -0.2) is 37.3 Å². The molecule has 0 spiro atoms. The summed E-state index contributed by atoms with van der Waals surface area (Å²) in [5, 5.41) is 0.859. The molecule has 0 radical (unpaired) electrons. The number of anilines is 1. The monoisotopic (exact) mass is 358 g/mol. The number of hydrogen-bond donors (Lipinski definition) is 0. The lowest BCUT2D eigenvalue weighted by Gasteiger charge is -2.38. The van der Waals surface area contributed by atoms with E-state index in [0.29, 0.717) is 13.1 Å². The summed E-state index contributed by atoms with van der Waals surface area (Å²) in [6, 6.07) is 11.6. The van der Waals surface area contributed by atoms with Gasteiger partial charge in [0.15, 0.2) is 5.13 Å². The van der Waals surface area contributed by atoms with E-state index in [-0.39, 0.29) is 11.7 Å². The molecule has 7 heteroatoms. The van der Waals surface area contributed by atoms with E-state index in [4.69, 9.17) is 9.47 Å². The predicted octanol–water partition coefficient (Wildman–Crippen LogP) is 3.49. The Morgan fingerprint density at radius 1 is 1.24 bits per heavy atom. The molecule has 3 aromatic rings. The molecule has 0 unspecified atom stereocenters. The molecule has 1 saturated heterocycles. The van der Waals surface area contributed by atoms with Crippen LogP contribution < -0.4 is 9.64 Å². The molecule has 2 aromatic carbocycles. The lowest BCUT2D eigenvalue weighted by molar-refractivity contribution is 0.0229. The molecule has 0 saturated carbocycles. The Labute approximate surface area is 147 Å². The first-order valence-corrected chi connectivity index (χ1v) is 8.61. The highest BCUT2D eigenvalue weighted by molar-refractivity contribution is 7.22. The average molecular weight is 358 g/mol. The molecule has 0 aliphatic carbocycles. The Morgan fingerprint density at radius 2 is 2.04 bits per heavy atom. The minimum Gasteiger partial charge on any atom is -0.494 e. The van der Waals surface area contributed by atoms with E-state index >= 15 is 0 Å². The average Bonchev–Trinajstić information content (AvgIpc) is 3.01. The number of rotatable bonds is 4. The van der Waals surface area contributed by atoms with Gasteiger partial charge in [-0.15, -0.1) is 0 Å². The number of hydrogen-bond acceptors (Lipinski definition) is 6. The summed E-state index contributed by atoms with van der Waals surface area (Å²) >= 11 is 1.56. The third-order valence-electron chi connectivity index (χ3n) is 4.08. The van der Waals surface area contributed by atoms with Crippen LogP contribution in [0.25, 0.3) is 10.2 Å². The van der Waals surface area contributed by atoms with Crippen molar-refractivity contribution in [2.45, 2.75) is 6.10 Å². The van der Waals surface area contributed by atoms with E-state index in [1.165, 1.54) is 12.1 Å². The fourth-order valence-corrected chi connectivity index (χ4v) is 3.72. The van der Waals surface area contributed by atoms with Crippen molar-refractivity contribution in [3.63, 3.8) is 0 Å². The summed E-state index contributed by atoms with van der Waals surface area (Å²) < 4.78 is 25.3. The summed E-state index contributed by atoms with van der Waals surface area (Å²) in [6.07, 6.45) is -0.263. The maximum absolute atomic E-state index is 13.6. The van der Waals surface area contributed by atoms with Crippen molar-refractivity contribution in [3.05, 3.63) is 53.8 Å². The van der Waals surface area contributed by atoms with E-state index in [1.807, 2.05) is 23.1 Å². The van der Waals surface area contributed by atoms with E-state index in [9.17, 15) is 9.18 Å². The van der Waals surface area contributed by atoms with Crippen LogP contribution >= 0.6 is 11.3 Å². The number of carbonyl (C=O) groups excluding carboxylic acids is 1. The third-order valence-corrected chi connectivity index (χ3v) is 5.16. The Morgan fingerprint density at radius 3 is 2.80 bits per heavy atom. The fraction of sp³-hybridized carbons (Fsp3) is 0.222. The maximum Gasteiger partial charge on any atom is 0.341 e. The van der Waals surface area contributed by atoms with Crippen molar-refractivity contribution in [2.24, 2.45) is 0 Å². The number of methoxy groups -OCH3 is 1. The van der Waals surface area contributed by atoms with Gasteiger partial charge in [0.1, 0.15) is 23.2 Å². The molecule has 0 amide bonds. The first-order chi connectivity index (χ1) is 12.2. The molecule has 25 heavy (non-hydrogen) atoms. The molecular weight excluding hydrogens is 343 g/mol. The number of carbonyl (C=O) groups is 1. The highest BCUT2D eigenvalue weighted by atomic mass is 32.1. The van der Waals surface area contributed by atoms with Gasteiger partial charge in [-0.1, -0.05) is 29.5 Å². The highest BCUT2D eigenvalue weighted by Crippen LogP contribution is 2.36. The van der Waals surface area contributed by atoms with Gasteiger partial charge in [-0.2, -0.15) is 0 Å². The molecule has 1 aliphatic heterocycles. The van der Waals surface area contributed by atoms with Gasteiger partial charge in [-0.05, 0) is 24.3 Å². The number of esters is 1. The van der Waals surface area contributed by atoms with Crippen LogP contribution in [0.5, 0.6) is 5.75 Å². The van der Waals surface area contributed by atoms with Gasteiger partial charge < -0.3 is 14.4 Å². The van der Waals surface area contributed by atoms with E-state index in [1.54, 1.807) is 30.6 Å². The van der Waals surface area contributed by atoms with Crippen molar-refractivity contribution in [3.8, 4) is 5.75 Å². The zero-order valence-corrected chi connectivity index (χ0v) is 14.3. The second kappa shape index (κ2) is 6.33. The van der Waals surface area contributed by atoms with Gasteiger partial charge >= 0.3 is 5.97 Å². The molecule has 4 rings (SSSR count). The number of para-hydroxylation sites is 1. The smallest absolute Gasteiger partial charge is 0.341 e. The molecular formula is C18H15FN2O3S. The first kappa shape index (κ1) is 15.8. The van der Waals surface area contributed by atoms with Crippen molar-refractivity contribution >= 4 is 32.7 Å². The zero-order chi connectivity index (χ0) is 17.4. The lowest BCUT2D eigenvalue weighted by Crippen LogP contribution is -2.53. The van der Waals surface area contributed by atoms with Crippen LogP contribution in [0.2, 0.25) is 0 Å². The molecule has 5 nitrogen and oxygen atoms in total. The number of nitrogens with zero attached hydrogens (tertiary/aromatic N) is 2. The molecule has 1 aromatic heterocycles. The second-order valence-electron chi connectivity index (χ2n) is 5.72. The van der Waals surface area contributed by atoms with E-state index in [0.717, 1.165) is 21.1 Å². The summed E-state index contributed by atoms with van der Waals surface area (Å²) in [7, 11) is 1.62. The van der Waals surface area contributed by atoms with Crippen LogP contribution in [-0.2, 0) is 4.74 Å². The Balaban J connectivity index is 1.42. The standard InChI is InChI=1S/C18H15FN2O3S/c1-23-14-7-4-8-15-16(14)20-18(25-15)21-9-11(10-21)24-17(22)12-5-2-3-6-13(12)19/h2-8,11H,9-10H2,1H3. The van der Waals surface area contributed by atoms with Crippen LogP contribution in [0.3, 0.4) is 0 Å². The van der Waals surface area contributed by atoms with E-state index < -0.39 is 11.8 Å². The molecule has 0 N–H and O–H groups in total. The Hall–Kier alpha value is -2.67. The van der Waals surface area contributed by atoms with Gasteiger partial charge in [0.05, 0.1) is 30.5 Å². The number of aromatic nitrogens is 1. The van der Waals surface area contributed by atoms with Gasteiger partial charge in [0, 0.05) is 0 Å². The molecule has 1 fully saturated rings. The first-order valence-electron chi connectivity index (χ1n) is 7.79. The number of benzene rings is 2. The van der Waals surface area contributed by atoms with Crippen molar-refractivity contribution in [1.29, 1.82) is 0 Å². The normalized spacial score (nSPS) is 14.4. The van der Waals surface area contributed by atoms with Crippen molar-refractivity contribution < 1.29 is 18.7 Å². The van der Waals surface area contributed by atoms with Crippen molar-refractivity contribution in [1.82, 2.24) is 4.98 Å². The van der Waals surface area contributed by atoms with Crippen LogP contribution in [0.15, 0.2) is 42.5 Å². The second-order valence-corrected chi connectivity index (χ2v) is 6.72. The summed E-state index contributed by atoms with van der Waals surface area (Å²) in [6.45, 7) is 1.09. The van der Waals surface area contributed by atoms with E-state index in [2.05, 4.69) is 4.98 Å². The van der Waals surface area contributed by atoms with Gasteiger partial charge in [0.25, 0.3) is 0 Å². The number of halogens is 1. The fourth-order valence-electron chi connectivity index (χ4n) is 2.72. The van der Waals surface area contributed by atoms with Gasteiger partial charge in [-0.3, -0.25) is 0 Å². The highest BCUT2D eigenvalue weighted by Gasteiger charge is 2.33. The molecule has 128 valence electrons. The zero-order valence-electron chi connectivity index (χ0n) is 13.4. The number of thiazole rings is 1. The number of fused-ring (bicyclic) bond motifs is 1. The lowest BCUT2D eigenvalue weighted by atomic mass is 10.1. The summed E-state index contributed by atoms with van der Waals surface area (Å²) in [5.41, 5.74) is 0.794. The number of ether oxygens (including phenoxy) is 2. The Kier molecular flexibility index (Phi) is 4.01.